The Morgan fingerprint density at radius 2 is 1.81 bits per heavy atom. The second-order valence-corrected chi connectivity index (χ2v) is 8.15. The van der Waals surface area contributed by atoms with E-state index in [1.165, 1.54) is 0 Å². The average molecular weight is 487 g/mol. The van der Waals surface area contributed by atoms with Crippen molar-refractivity contribution in [1.29, 1.82) is 0 Å². The fourth-order valence-electron chi connectivity index (χ4n) is 3.47. The molecule has 1 unspecified atom stereocenters. The number of anilines is 1. The Labute approximate surface area is 188 Å². The molecule has 9 heteroatoms. The van der Waals surface area contributed by atoms with E-state index in [0.29, 0.717) is 17.7 Å². The lowest BCUT2D eigenvalue weighted by Crippen LogP contribution is -2.45. The van der Waals surface area contributed by atoms with E-state index in [-0.39, 0.29) is 6.54 Å². The van der Waals surface area contributed by atoms with Crippen LogP contribution < -0.4 is 16.0 Å². The van der Waals surface area contributed by atoms with Gasteiger partial charge < -0.3 is 16.0 Å². The van der Waals surface area contributed by atoms with Crippen LogP contribution in [0.2, 0.25) is 0 Å². The van der Waals surface area contributed by atoms with Gasteiger partial charge in [-0.25, -0.2) is 4.79 Å². The molecule has 1 saturated heterocycles. The lowest BCUT2D eigenvalue weighted by Gasteiger charge is -2.25. The first-order valence-corrected chi connectivity index (χ1v) is 10.6. The van der Waals surface area contributed by atoms with Crippen molar-refractivity contribution < 1.29 is 19.2 Å². The summed E-state index contributed by atoms with van der Waals surface area (Å²) >= 11 is 3.36. The SMILES string of the molecule is CCC1(c2ccccc2)NC(=O)N(CC(=O)NCC(=O)Nc2ccc(Br)cc2C)C1=O. The topological polar surface area (TPSA) is 108 Å². The van der Waals surface area contributed by atoms with Crippen LogP contribution in [-0.2, 0) is 19.9 Å². The Morgan fingerprint density at radius 1 is 1.10 bits per heavy atom. The molecule has 1 heterocycles. The van der Waals surface area contributed by atoms with Gasteiger partial charge in [-0.2, -0.15) is 0 Å². The van der Waals surface area contributed by atoms with Gasteiger partial charge in [0.05, 0.1) is 6.54 Å². The summed E-state index contributed by atoms with van der Waals surface area (Å²) in [6.45, 7) is 2.89. The number of nitrogens with zero attached hydrogens (tertiary/aromatic N) is 1. The second kappa shape index (κ2) is 9.30. The number of halogens is 1. The molecule has 0 bridgehead atoms. The Morgan fingerprint density at radius 3 is 2.45 bits per heavy atom. The Balaban J connectivity index is 1.59. The summed E-state index contributed by atoms with van der Waals surface area (Å²) in [7, 11) is 0. The third kappa shape index (κ3) is 4.77. The maximum atomic E-state index is 13.0. The molecule has 31 heavy (non-hydrogen) atoms. The zero-order chi connectivity index (χ0) is 22.6. The molecule has 8 nitrogen and oxygen atoms in total. The minimum atomic E-state index is -1.20. The van der Waals surface area contributed by atoms with Gasteiger partial charge in [0.2, 0.25) is 11.8 Å². The molecular weight excluding hydrogens is 464 g/mol. The molecule has 0 spiro atoms. The zero-order valence-corrected chi connectivity index (χ0v) is 18.8. The van der Waals surface area contributed by atoms with Crippen molar-refractivity contribution in [2.24, 2.45) is 0 Å². The number of rotatable bonds is 7. The van der Waals surface area contributed by atoms with E-state index in [2.05, 4.69) is 31.9 Å². The molecule has 1 fully saturated rings. The standard InChI is InChI=1S/C22H23BrN4O4/c1-3-22(15-7-5-4-6-8-15)20(30)27(21(31)26-22)13-19(29)24-12-18(28)25-17-10-9-16(23)11-14(17)2/h4-11H,3,12-13H2,1-2H3,(H,24,29)(H,25,28)(H,26,31). The highest BCUT2D eigenvalue weighted by Crippen LogP contribution is 2.32. The van der Waals surface area contributed by atoms with Crippen LogP contribution in [0, 0.1) is 6.92 Å². The van der Waals surface area contributed by atoms with E-state index in [1.54, 1.807) is 43.3 Å². The fraction of sp³-hybridized carbons (Fsp3) is 0.273. The number of nitrogens with one attached hydrogen (secondary N) is 3. The van der Waals surface area contributed by atoms with E-state index >= 15 is 0 Å². The minimum absolute atomic E-state index is 0.282. The van der Waals surface area contributed by atoms with Gasteiger partial charge in [0.1, 0.15) is 12.1 Å². The number of carbonyl (C=O) groups excluding carboxylic acids is 4. The number of carbonyl (C=O) groups is 4. The lowest BCUT2D eigenvalue weighted by molar-refractivity contribution is -0.135. The van der Waals surface area contributed by atoms with Gasteiger partial charge in [0.25, 0.3) is 5.91 Å². The van der Waals surface area contributed by atoms with Gasteiger partial charge in [0, 0.05) is 10.2 Å². The summed E-state index contributed by atoms with van der Waals surface area (Å²) in [5.41, 5.74) is 0.954. The van der Waals surface area contributed by atoms with Crippen molar-refractivity contribution in [2.45, 2.75) is 25.8 Å². The predicted octanol–water partition coefficient (Wildman–Crippen LogP) is 2.67. The molecule has 162 valence electrons. The summed E-state index contributed by atoms with van der Waals surface area (Å²) in [6, 6.07) is 13.7. The highest BCUT2D eigenvalue weighted by molar-refractivity contribution is 9.10. The van der Waals surface area contributed by atoms with Crippen molar-refractivity contribution in [3.63, 3.8) is 0 Å². The first kappa shape index (κ1) is 22.5. The van der Waals surface area contributed by atoms with E-state index in [4.69, 9.17) is 0 Å². The van der Waals surface area contributed by atoms with Gasteiger partial charge in [-0.15, -0.1) is 0 Å². The van der Waals surface area contributed by atoms with Gasteiger partial charge in [-0.3, -0.25) is 19.3 Å². The number of urea groups is 1. The van der Waals surface area contributed by atoms with Crippen molar-refractivity contribution in [3.8, 4) is 0 Å². The van der Waals surface area contributed by atoms with Crippen LogP contribution in [0.1, 0.15) is 24.5 Å². The predicted molar refractivity (Wildman–Crippen MR) is 119 cm³/mol. The molecule has 3 N–H and O–H groups in total. The summed E-state index contributed by atoms with van der Waals surface area (Å²) in [6.07, 6.45) is 0.342. The molecule has 5 amide bonds. The van der Waals surface area contributed by atoms with Crippen LogP contribution in [-0.4, -0.2) is 41.7 Å². The summed E-state index contributed by atoms with van der Waals surface area (Å²) < 4.78 is 0.892. The van der Waals surface area contributed by atoms with Gasteiger partial charge in [0.15, 0.2) is 0 Å². The molecule has 2 aromatic rings. The highest BCUT2D eigenvalue weighted by atomic mass is 79.9. The van der Waals surface area contributed by atoms with Crippen molar-refractivity contribution in [1.82, 2.24) is 15.5 Å². The second-order valence-electron chi connectivity index (χ2n) is 7.23. The maximum Gasteiger partial charge on any atom is 0.325 e. The fourth-order valence-corrected chi connectivity index (χ4v) is 3.95. The summed E-state index contributed by atoms with van der Waals surface area (Å²) in [4.78, 5) is 50.8. The molecule has 0 aromatic heterocycles. The molecule has 0 saturated carbocycles. The molecule has 1 aliphatic heterocycles. The Hall–Kier alpha value is -3.20. The third-order valence-corrected chi connectivity index (χ3v) is 5.68. The first-order valence-electron chi connectivity index (χ1n) is 9.79. The molecule has 2 aromatic carbocycles. The smallest absolute Gasteiger partial charge is 0.325 e. The first-order chi connectivity index (χ1) is 14.8. The molecule has 1 atom stereocenters. The van der Waals surface area contributed by atoms with E-state index in [0.717, 1.165) is 14.9 Å². The number of hydrogen-bond donors (Lipinski definition) is 3. The molecule has 3 rings (SSSR count). The van der Waals surface area contributed by atoms with Crippen molar-refractivity contribution in [3.05, 3.63) is 64.1 Å². The number of benzene rings is 2. The van der Waals surface area contributed by atoms with Crippen LogP contribution >= 0.6 is 15.9 Å². The number of hydrogen-bond acceptors (Lipinski definition) is 4. The molecular formula is C22H23BrN4O4. The number of amides is 5. The monoisotopic (exact) mass is 486 g/mol. The number of imide groups is 1. The van der Waals surface area contributed by atoms with Crippen LogP contribution in [0.3, 0.4) is 0 Å². The largest absolute Gasteiger partial charge is 0.345 e. The van der Waals surface area contributed by atoms with Crippen LogP contribution in [0.4, 0.5) is 10.5 Å². The highest BCUT2D eigenvalue weighted by Gasteiger charge is 2.51. The molecule has 1 aliphatic rings. The van der Waals surface area contributed by atoms with Crippen molar-refractivity contribution >= 4 is 45.4 Å². The summed E-state index contributed by atoms with van der Waals surface area (Å²) in [5, 5.41) is 7.89. The minimum Gasteiger partial charge on any atom is -0.345 e. The van der Waals surface area contributed by atoms with Gasteiger partial charge >= 0.3 is 6.03 Å². The maximum absolute atomic E-state index is 13.0. The van der Waals surface area contributed by atoms with E-state index in [9.17, 15) is 19.2 Å². The zero-order valence-electron chi connectivity index (χ0n) is 17.2. The van der Waals surface area contributed by atoms with Crippen LogP contribution in [0.15, 0.2) is 53.0 Å². The number of aryl methyl sites for hydroxylation is 1. The average Bonchev–Trinajstić information content (AvgIpc) is 3.00. The Bertz CT molecular complexity index is 1030. The quantitative estimate of drug-likeness (QED) is 0.522. The third-order valence-electron chi connectivity index (χ3n) is 5.18. The molecule has 0 aliphatic carbocycles. The lowest BCUT2D eigenvalue weighted by atomic mass is 9.87. The van der Waals surface area contributed by atoms with Gasteiger partial charge in [-0.05, 0) is 42.7 Å². The van der Waals surface area contributed by atoms with Gasteiger partial charge in [-0.1, -0.05) is 53.2 Å². The van der Waals surface area contributed by atoms with Crippen LogP contribution in [0.5, 0.6) is 0 Å². The Kier molecular flexibility index (Phi) is 6.74. The normalized spacial score (nSPS) is 18.0. The summed E-state index contributed by atoms with van der Waals surface area (Å²) in [5.74, 6) is -1.51. The molecule has 0 radical (unpaired) electrons. The van der Waals surface area contributed by atoms with E-state index in [1.807, 2.05) is 19.1 Å². The van der Waals surface area contributed by atoms with Crippen LogP contribution in [0.25, 0.3) is 0 Å². The van der Waals surface area contributed by atoms with Crippen molar-refractivity contribution in [2.75, 3.05) is 18.4 Å². The van der Waals surface area contributed by atoms with E-state index < -0.39 is 35.8 Å².